The van der Waals surface area contributed by atoms with Crippen LogP contribution < -0.4 is 5.32 Å². The summed E-state index contributed by atoms with van der Waals surface area (Å²) in [5, 5.41) is 3.67. The molecule has 1 amide bonds. The lowest BCUT2D eigenvalue weighted by molar-refractivity contribution is -0.137. The third kappa shape index (κ3) is 5.42. The Hall–Kier alpha value is -1.13. The lowest BCUT2D eigenvalue weighted by atomic mass is 9.79. The average Bonchev–Trinajstić information content (AvgIpc) is 2.62. The summed E-state index contributed by atoms with van der Waals surface area (Å²) in [6.07, 6.45) is 4.78. The number of amides is 1. The predicted molar refractivity (Wildman–Crippen MR) is 102 cm³/mol. The summed E-state index contributed by atoms with van der Waals surface area (Å²) < 4.78 is 14.6. The number of carbonyl (C=O) groups excluding carboxylic acids is 1. The molecule has 1 aromatic rings. The average molecular weight is 369 g/mol. The molecular weight excluding hydrogens is 339 g/mol. The van der Waals surface area contributed by atoms with Gasteiger partial charge in [0, 0.05) is 37.1 Å². The van der Waals surface area contributed by atoms with Crippen LogP contribution in [0.15, 0.2) is 18.2 Å². The molecule has 2 rings (SSSR count). The highest BCUT2D eigenvalue weighted by Gasteiger charge is 2.33. The number of hydrogen-bond donors (Lipinski definition) is 1. The van der Waals surface area contributed by atoms with Crippen molar-refractivity contribution < 1.29 is 9.18 Å². The minimum atomic E-state index is -0.291. The number of rotatable bonds is 8. The summed E-state index contributed by atoms with van der Waals surface area (Å²) in [6.45, 7) is 7.32. The van der Waals surface area contributed by atoms with Gasteiger partial charge in [-0.05, 0) is 36.5 Å². The molecular formula is C20H30ClFN2O. The molecule has 1 unspecified atom stereocenters. The molecule has 1 saturated heterocycles. The van der Waals surface area contributed by atoms with Gasteiger partial charge >= 0.3 is 0 Å². The predicted octanol–water partition coefficient (Wildman–Crippen LogP) is 4.60. The minimum Gasteiger partial charge on any atom is -0.340 e. The Labute approximate surface area is 155 Å². The van der Waals surface area contributed by atoms with Crippen molar-refractivity contribution >= 4 is 17.5 Å². The molecule has 0 spiro atoms. The van der Waals surface area contributed by atoms with Crippen LogP contribution in [-0.2, 0) is 4.79 Å². The maximum Gasteiger partial charge on any atom is 0.226 e. The molecule has 0 radical (unpaired) electrons. The Bertz CT molecular complexity index is 561. The van der Waals surface area contributed by atoms with Crippen LogP contribution in [0.1, 0.15) is 57.4 Å². The van der Waals surface area contributed by atoms with Gasteiger partial charge in [-0.15, -0.1) is 0 Å². The van der Waals surface area contributed by atoms with E-state index in [9.17, 15) is 9.18 Å². The first kappa shape index (κ1) is 20.2. The Morgan fingerprint density at radius 3 is 2.60 bits per heavy atom. The number of nitrogens with one attached hydrogen (secondary N) is 1. The molecule has 140 valence electrons. The summed E-state index contributed by atoms with van der Waals surface area (Å²) >= 11 is 5.92. The molecule has 1 N–H and O–H groups in total. The second-order valence-electron chi connectivity index (χ2n) is 6.86. The Kier molecular flexibility index (Phi) is 8.17. The van der Waals surface area contributed by atoms with Crippen molar-refractivity contribution in [3.63, 3.8) is 0 Å². The van der Waals surface area contributed by atoms with Crippen LogP contribution in [0.2, 0.25) is 5.02 Å². The molecule has 1 aliphatic rings. The van der Waals surface area contributed by atoms with Crippen LogP contribution in [-0.4, -0.2) is 37.0 Å². The van der Waals surface area contributed by atoms with Gasteiger partial charge in [-0.25, -0.2) is 4.39 Å². The second-order valence-corrected chi connectivity index (χ2v) is 7.29. The van der Waals surface area contributed by atoms with Gasteiger partial charge < -0.3 is 10.2 Å². The van der Waals surface area contributed by atoms with E-state index < -0.39 is 0 Å². The molecule has 3 nitrogen and oxygen atoms in total. The Balaban J connectivity index is 2.25. The van der Waals surface area contributed by atoms with Crippen molar-refractivity contribution in [2.45, 2.75) is 51.9 Å². The second kappa shape index (κ2) is 10.1. The van der Waals surface area contributed by atoms with Gasteiger partial charge in [-0.1, -0.05) is 50.8 Å². The van der Waals surface area contributed by atoms with Gasteiger partial charge in [-0.3, -0.25) is 4.79 Å². The Morgan fingerprint density at radius 2 is 2.00 bits per heavy atom. The zero-order chi connectivity index (χ0) is 18.2. The van der Waals surface area contributed by atoms with E-state index in [4.69, 9.17) is 11.6 Å². The van der Waals surface area contributed by atoms with Crippen molar-refractivity contribution in [3.8, 4) is 0 Å². The summed E-state index contributed by atoms with van der Waals surface area (Å²) in [5.41, 5.74) is 0.635. The molecule has 1 fully saturated rings. The molecule has 1 aliphatic heterocycles. The number of carbonyl (C=O) groups is 1. The van der Waals surface area contributed by atoms with Crippen LogP contribution in [0.25, 0.3) is 0 Å². The van der Waals surface area contributed by atoms with Crippen LogP contribution in [0.3, 0.4) is 0 Å². The maximum absolute atomic E-state index is 14.6. The van der Waals surface area contributed by atoms with E-state index in [-0.39, 0.29) is 23.6 Å². The van der Waals surface area contributed by atoms with E-state index in [1.54, 1.807) is 12.1 Å². The first-order valence-corrected chi connectivity index (χ1v) is 9.90. The lowest BCUT2D eigenvalue weighted by Gasteiger charge is -2.34. The van der Waals surface area contributed by atoms with Crippen molar-refractivity contribution in [1.29, 1.82) is 0 Å². The highest BCUT2D eigenvalue weighted by atomic mass is 35.5. The smallest absolute Gasteiger partial charge is 0.226 e. The molecule has 5 heteroatoms. The maximum atomic E-state index is 14.6. The standard InChI is InChI=1S/C20H30ClFN2O/c1-3-5-6-7-17(18-9-8-15(21)14-19(18)22)16(4-2)20(25)24-12-10-23-11-13-24/h8-9,14,16-17,23H,3-7,10-13H2,1-2H3/t16?,17-/m1/s1. The summed E-state index contributed by atoms with van der Waals surface area (Å²) in [5.74, 6) is -0.387. The van der Waals surface area contributed by atoms with Gasteiger partial charge in [-0.2, -0.15) is 0 Å². The SMILES string of the molecule is CCCCC[C@@H](c1ccc(Cl)cc1F)C(CC)C(=O)N1CCNCC1. The van der Waals surface area contributed by atoms with Crippen molar-refractivity contribution in [3.05, 3.63) is 34.6 Å². The lowest BCUT2D eigenvalue weighted by Crippen LogP contribution is -2.49. The van der Waals surface area contributed by atoms with E-state index in [0.717, 1.165) is 58.3 Å². The van der Waals surface area contributed by atoms with Crippen molar-refractivity contribution in [2.24, 2.45) is 5.92 Å². The number of halogens is 2. The molecule has 0 aliphatic carbocycles. The summed E-state index contributed by atoms with van der Waals surface area (Å²) in [4.78, 5) is 15.0. The molecule has 1 heterocycles. The molecule has 0 bridgehead atoms. The number of unbranched alkanes of at least 4 members (excludes halogenated alkanes) is 2. The summed E-state index contributed by atoms with van der Waals surface area (Å²) in [6, 6.07) is 4.86. The normalized spacial score (nSPS) is 17.4. The van der Waals surface area contributed by atoms with Gasteiger partial charge in [0.1, 0.15) is 5.82 Å². The fourth-order valence-electron chi connectivity index (χ4n) is 3.74. The van der Waals surface area contributed by atoms with Crippen LogP contribution in [0.5, 0.6) is 0 Å². The first-order valence-electron chi connectivity index (χ1n) is 9.52. The highest BCUT2D eigenvalue weighted by Crippen LogP contribution is 2.36. The van der Waals surface area contributed by atoms with Gasteiger partial charge in [0.15, 0.2) is 0 Å². The fourth-order valence-corrected chi connectivity index (χ4v) is 3.90. The van der Waals surface area contributed by atoms with Gasteiger partial charge in [0.2, 0.25) is 5.91 Å². The van der Waals surface area contributed by atoms with Crippen LogP contribution >= 0.6 is 11.6 Å². The third-order valence-corrected chi connectivity index (χ3v) is 5.39. The molecule has 25 heavy (non-hydrogen) atoms. The van der Waals surface area contributed by atoms with Crippen LogP contribution in [0.4, 0.5) is 4.39 Å². The Morgan fingerprint density at radius 1 is 1.28 bits per heavy atom. The molecule has 2 atom stereocenters. The molecule has 1 aromatic carbocycles. The molecule has 0 saturated carbocycles. The van der Waals surface area contributed by atoms with Crippen LogP contribution in [0, 0.1) is 11.7 Å². The van der Waals surface area contributed by atoms with E-state index in [2.05, 4.69) is 12.2 Å². The summed E-state index contributed by atoms with van der Waals surface area (Å²) in [7, 11) is 0. The zero-order valence-corrected chi connectivity index (χ0v) is 16.1. The van der Waals surface area contributed by atoms with Crippen molar-refractivity contribution in [2.75, 3.05) is 26.2 Å². The number of nitrogens with zero attached hydrogens (tertiary/aromatic N) is 1. The topological polar surface area (TPSA) is 32.3 Å². The van der Waals surface area contributed by atoms with E-state index in [1.165, 1.54) is 6.07 Å². The minimum absolute atomic E-state index is 0.0868. The molecule has 0 aromatic heterocycles. The third-order valence-electron chi connectivity index (χ3n) is 5.15. The highest BCUT2D eigenvalue weighted by molar-refractivity contribution is 6.30. The monoisotopic (exact) mass is 368 g/mol. The van der Waals surface area contributed by atoms with E-state index >= 15 is 0 Å². The van der Waals surface area contributed by atoms with Gasteiger partial charge in [0.05, 0.1) is 0 Å². The number of hydrogen-bond acceptors (Lipinski definition) is 2. The van der Waals surface area contributed by atoms with Gasteiger partial charge in [0.25, 0.3) is 0 Å². The number of benzene rings is 1. The number of piperazine rings is 1. The van der Waals surface area contributed by atoms with Crippen molar-refractivity contribution in [1.82, 2.24) is 10.2 Å². The fraction of sp³-hybridized carbons (Fsp3) is 0.650. The first-order chi connectivity index (χ1) is 12.1. The van der Waals surface area contributed by atoms with E-state index in [1.807, 2.05) is 11.8 Å². The largest absolute Gasteiger partial charge is 0.340 e. The zero-order valence-electron chi connectivity index (χ0n) is 15.4. The quantitative estimate of drug-likeness (QED) is 0.680. The van der Waals surface area contributed by atoms with E-state index in [0.29, 0.717) is 10.6 Å².